The molecule has 0 aromatic heterocycles. The number of piperidine rings is 1. The fourth-order valence-corrected chi connectivity index (χ4v) is 2.97. The van der Waals surface area contributed by atoms with Gasteiger partial charge in [-0.2, -0.15) is 0 Å². The fourth-order valence-electron chi connectivity index (χ4n) is 2.97. The molecule has 2 aliphatic heterocycles. The largest absolute Gasteiger partial charge is 0.319 e. The Bertz CT molecular complexity index is 404. The van der Waals surface area contributed by atoms with Gasteiger partial charge < -0.3 is 4.90 Å². The third-order valence-electron chi connectivity index (χ3n) is 3.70. The highest BCUT2D eigenvalue weighted by Gasteiger charge is 2.46. The number of carbonyl (C=O) groups excluding carboxylic acids is 1. The van der Waals surface area contributed by atoms with Crippen LogP contribution in [-0.4, -0.2) is 23.9 Å². The summed E-state index contributed by atoms with van der Waals surface area (Å²) in [5.74, 6) is 0.292. The lowest BCUT2D eigenvalue weighted by molar-refractivity contribution is -0.140. The van der Waals surface area contributed by atoms with Crippen LogP contribution in [0.5, 0.6) is 0 Å². The first-order valence-electron chi connectivity index (χ1n) is 5.94. The normalized spacial score (nSPS) is 29.2. The first-order chi connectivity index (χ1) is 7.83. The van der Waals surface area contributed by atoms with Crippen molar-refractivity contribution in [3.05, 3.63) is 35.9 Å². The second kappa shape index (κ2) is 3.59. The van der Waals surface area contributed by atoms with Crippen molar-refractivity contribution in [2.24, 2.45) is 0 Å². The van der Waals surface area contributed by atoms with Crippen LogP contribution in [0.15, 0.2) is 30.3 Å². The summed E-state index contributed by atoms with van der Waals surface area (Å²) >= 11 is 0. The first-order valence-corrected chi connectivity index (χ1v) is 5.94. The van der Waals surface area contributed by atoms with Crippen LogP contribution in [0.4, 0.5) is 0 Å². The number of fused-ring (bicyclic) bond motifs is 1. The molecule has 1 N–H and O–H groups in total. The molecule has 3 heteroatoms. The van der Waals surface area contributed by atoms with Crippen LogP contribution in [0, 0.1) is 0 Å². The van der Waals surface area contributed by atoms with Gasteiger partial charge >= 0.3 is 0 Å². The molecule has 0 radical (unpaired) electrons. The van der Waals surface area contributed by atoms with Gasteiger partial charge in [0.1, 0.15) is 5.66 Å². The minimum Gasteiger partial charge on any atom is -0.319 e. The summed E-state index contributed by atoms with van der Waals surface area (Å²) in [4.78, 5) is 14.0. The van der Waals surface area contributed by atoms with Crippen molar-refractivity contribution in [2.45, 2.75) is 24.9 Å². The Morgan fingerprint density at radius 3 is 2.88 bits per heavy atom. The molecule has 0 unspecified atom stereocenters. The molecular formula is C13H16N2O. The zero-order valence-electron chi connectivity index (χ0n) is 9.28. The van der Waals surface area contributed by atoms with Gasteiger partial charge in [-0.1, -0.05) is 30.3 Å². The van der Waals surface area contributed by atoms with Crippen LogP contribution < -0.4 is 5.32 Å². The summed E-state index contributed by atoms with van der Waals surface area (Å²) in [6.45, 7) is 1.74. The third kappa shape index (κ3) is 1.28. The van der Waals surface area contributed by atoms with Crippen molar-refractivity contribution in [2.75, 3.05) is 13.1 Å². The molecule has 0 aliphatic carbocycles. The molecule has 1 atom stereocenters. The van der Waals surface area contributed by atoms with E-state index in [1.165, 1.54) is 5.56 Å². The first kappa shape index (κ1) is 9.85. The van der Waals surface area contributed by atoms with Crippen LogP contribution in [0.2, 0.25) is 0 Å². The zero-order valence-corrected chi connectivity index (χ0v) is 9.28. The van der Waals surface area contributed by atoms with Crippen molar-refractivity contribution in [1.82, 2.24) is 10.2 Å². The molecule has 0 bridgehead atoms. The van der Waals surface area contributed by atoms with Gasteiger partial charge in [-0.15, -0.1) is 0 Å². The minimum atomic E-state index is -0.212. The number of amides is 1. The molecule has 0 spiro atoms. The maximum atomic E-state index is 11.9. The Hall–Kier alpha value is -1.35. The van der Waals surface area contributed by atoms with Crippen molar-refractivity contribution in [1.29, 1.82) is 0 Å². The number of nitrogens with zero attached hydrogens (tertiary/aromatic N) is 1. The SMILES string of the molecule is O=C1CCC[C@@]2(c3ccccc3)NCCN12. The number of rotatable bonds is 1. The number of benzene rings is 1. The predicted octanol–water partition coefficient (Wildman–Crippen LogP) is 1.46. The van der Waals surface area contributed by atoms with E-state index in [1.807, 2.05) is 23.1 Å². The van der Waals surface area contributed by atoms with E-state index in [4.69, 9.17) is 0 Å². The molecule has 84 valence electrons. The average Bonchev–Trinajstić information content (AvgIpc) is 2.77. The van der Waals surface area contributed by atoms with E-state index in [1.54, 1.807) is 0 Å². The highest BCUT2D eigenvalue weighted by molar-refractivity contribution is 5.78. The summed E-state index contributed by atoms with van der Waals surface area (Å²) < 4.78 is 0. The van der Waals surface area contributed by atoms with Crippen LogP contribution in [0.25, 0.3) is 0 Å². The van der Waals surface area contributed by atoms with E-state index >= 15 is 0 Å². The van der Waals surface area contributed by atoms with E-state index < -0.39 is 0 Å². The average molecular weight is 216 g/mol. The highest BCUT2D eigenvalue weighted by Crippen LogP contribution is 2.38. The molecule has 3 nitrogen and oxygen atoms in total. The number of nitrogens with one attached hydrogen (secondary N) is 1. The van der Waals surface area contributed by atoms with Gasteiger partial charge in [-0.05, 0) is 18.4 Å². The molecule has 2 fully saturated rings. The van der Waals surface area contributed by atoms with Gasteiger partial charge in [-0.3, -0.25) is 10.1 Å². The van der Waals surface area contributed by atoms with Crippen molar-refractivity contribution in [3.8, 4) is 0 Å². The Balaban J connectivity index is 2.05. The van der Waals surface area contributed by atoms with Crippen LogP contribution in [-0.2, 0) is 10.5 Å². The molecule has 1 amide bonds. The lowest BCUT2D eigenvalue weighted by Crippen LogP contribution is -2.53. The molecule has 2 heterocycles. The molecule has 2 saturated heterocycles. The number of carbonyl (C=O) groups is 1. The summed E-state index contributed by atoms with van der Waals surface area (Å²) in [6.07, 6.45) is 2.72. The topological polar surface area (TPSA) is 32.3 Å². The standard InChI is InChI=1S/C13H16N2O/c16-12-7-4-8-13(14-9-10-15(12)13)11-5-2-1-3-6-11/h1-3,5-6,14H,4,7-10H2/t13-/m1/s1. The van der Waals surface area contributed by atoms with Crippen molar-refractivity contribution in [3.63, 3.8) is 0 Å². The van der Waals surface area contributed by atoms with Gasteiger partial charge in [0.2, 0.25) is 5.91 Å². The Morgan fingerprint density at radius 2 is 2.06 bits per heavy atom. The monoisotopic (exact) mass is 216 g/mol. The maximum absolute atomic E-state index is 11.9. The van der Waals surface area contributed by atoms with Gasteiger partial charge in [0.25, 0.3) is 0 Å². The second-order valence-electron chi connectivity index (χ2n) is 4.55. The second-order valence-corrected chi connectivity index (χ2v) is 4.55. The minimum absolute atomic E-state index is 0.212. The van der Waals surface area contributed by atoms with Crippen molar-refractivity contribution >= 4 is 5.91 Å². The maximum Gasteiger partial charge on any atom is 0.224 e. The number of hydrogen-bond acceptors (Lipinski definition) is 2. The quantitative estimate of drug-likeness (QED) is 0.770. The van der Waals surface area contributed by atoms with Crippen LogP contribution >= 0.6 is 0 Å². The molecule has 1 aromatic carbocycles. The summed E-state index contributed by atoms with van der Waals surface area (Å²) in [7, 11) is 0. The third-order valence-corrected chi connectivity index (χ3v) is 3.70. The smallest absolute Gasteiger partial charge is 0.224 e. The summed E-state index contributed by atoms with van der Waals surface area (Å²) in [6, 6.07) is 10.3. The molecule has 1 aromatic rings. The predicted molar refractivity (Wildman–Crippen MR) is 61.7 cm³/mol. The van der Waals surface area contributed by atoms with E-state index in [0.717, 1.165) is 25.9 Å². The zero-order chi connectivity index (χ0) is 11.0. The van der Waals surface area contributed by atoms with E-state index in [0.29, 0.717) is 12.3 Å². The van der Waals surface area contributed by atoms with Gasteiger partial charge in [0, 0.05) is 19.5 Å². The van der Waals surface area contributed by atoms with E-state index in [-0.39, 0.29) is 5.66 Å². The lowest BCUT2D eigenvalue weighted by Gasteiger charge is -2.42. The van der Waals surface area contributed by atoms with Crippen molar-refractivity contribution < 1.29 is 4.79 Å². The van der Waals surface area contributed by atoms with Gasteiger partial charge in [0.05, 0.1) is 0 Å². The molecule has 0 saturated carbocycles. The highest BCUT2D eigenvalue weighted by atomic mass is 16.2. The summed E-state index contributed by atoms with van der Waals surface area (Å²) in [5.41, 5.74) is 1.01. The molecule has 16 heavy (non-hydrogen) atoms. The van der Waals surface area contributed by atoms with Crippen LogP contribution in [0.3, 0.4) is 0 Å². The Morgan fingerprint density at radius 1 is 1.25 bits per heavy atom. The molecule has 3 rings (SSSR count). The van der Waals surface area contributed by atoms with Gasteiger partial charge in [-0.25, -0.2) is 0 Å². The molecule has 2 aliphatic rings. The number of hydrogen-bond donors (Lipinski definition) is 1. The fraction of sp³-hybridized carbons (Fsp3) is 0.462. The van der Waals surface area contributed by atoms with E-state index in [9.17, 15) is 4.79 Å². The van der Waals surface area contributed by atoms with E-state index in [2.05, 4.69) is 17.4 Å². The van der Waals surface area contributed by atoms with Crippen LogP contribution in [0.1, 0.15) is 24.8 Å². The Labute approximate surface area is 95.4 Å². The summed E-state index contributed by atoms with van der Waals surface area (Å²) in [5, 5.41) is 3.52. The molecular weight excluding hydrogens is 200 g/mol. The Kier molecular flexibility index (Phi) is 2.21. The van der Waals surface area contributed by atoms with Gasteiger partial charge in [0.15, 0.2) is 0 Å². The lowest BCUT2D eigenvalue weighted by atomic mass is 9.89.